The van der Waals surface area contributed by atoms with Crippen LogP contribution in [0.15, 0.2) is 36.8 Å². The first-order chi connectivity index (χ1) is 7.84. The van der Waals surface area contributed by atoms with Gasteiger partial charge in [0.1, 0.15) is 0 Å². The molecule has 16 heavy (non-hydrogen) atoms. The van der Waals surface area contributed by atoms with Crippen LogP contribution in [0, 0.1) is 0 Å². The fourth-order valence-electron chi connectivity index (χ4n) is 1.33. The van der Waals surface area contributed by atoms with E-state index in [1.165, 1.54) is 0 Å². The number of hydrogen-bond acceptors (Lipinski definition) is 3. The lowest BCUT2D eigenvalue weighted by Gasteiger charge is -2.03. The highest BCUT2D eigenvalue weighted by Crippen LogP contribution is 1.97. The Morgan fingerprint density at radius 1 is 1.38 bits per heavy atom. The highest BCUT2D eigenvalue weighted by atomic mass is 16.1. The molecule has 0 aromatic carbocycles. The van der Waals surface area contributed by atoms with Crippen molar-refractivity contribution in [1.29, 1.82) is 0 Å². The molecule has 0 spiro atoms. The molecule has 0 saturated heterocycles. The van der Waals surface area contributed by atoms with Gasteiger partial charge < -0.3 is 5.32 Å². The molecular weight excluding hydrogens is 204 g/mol. The summed E-state index contributed by atoms with van der Waals surface area (Å²) in [7, 11) is 0. The van der Waals surface area contributed by atoms with E-state index in [9.17, 15) is 4.79 Å². The van der Waals surface area contributed by atoms with Crippen LogP contribution in [0.5, 0.6) is 0 Å². The molecule has 5 heteroatoms. The number of nitrogens with zero attached hydrogens (tertiary/aromatic N) is 2. The Bertz CT molecular complexity index is 438. The summed E-state index contributed by atoms with van der Waals surface area (Å²) >= 11 is 0. The quantitative estimate of drug-likeness (QED) is 0.788. The molecule has 0 aliphatic carbocycles. The Morgan fingerprint density at radius 3 is 3.00 bits per heavy atom. The zero-order valence-electron chi connectivity index (χ0n) is 8.68. The maximum atomic E-state index is 11.5. The topological polar surface area (TPSA) is 70.7 Å². The van der Waals surface area contributed by atoms with Gasteiger partial charge in [0.2, 0.25) is 5.91 Å². The molecular formula is C11H12N4O. The van der Waals surface area contributed by atoms with Crippen molar-refractivity contribution < 1.29 is 4.79 Å². The zero-order chi connectivity index (χ0) is 11.2. The average molecular weight is 216 g/mol. The number of carbonyl (C=O) groups is 1. The number of H-pyrrole nitrogens is 1. The van der Waals surface area contributed by atoms with Gasteiger partial charge in [-0.05, 0) is 17.7 Å². The van der Waals surface area contributed by atoms with Gasteiger partial charge in [-0.2, -0.15) is 5.10 Å². The second kappa shape index (κ2) is 5.06. The Morgan fingerprint density at radius 2 is 2.31 bits per heavy atom. The third kappa shape index (κ3) is 2.91. The first-order valence-electron chi connectivity index (χ1n) is 4.98. The molecule has 0 unspecified atom stereocenters. The minimum Gasteiger partial charge on any atom is -0.350 e. The Kier molecular flexibility index (Phi) is 3.28. The normalized spacial score (nSPS) is 10.0. The van der Waals surface area contributed by atoms with Gasteiger partial charge in [0.15, 0.2) is 0 Å². The van der Waals surface area contributed by atoms with E-state index in [0.29, 0.717) is 13.0 Å². The van der Waals surface area contributed by atoms with Gasteiger partial charge in [0.25, 0.3) is 0 Å². The highest BCUT2D eigenvalue weighted by Gasteiger charge is 2.03. The summed E-state index contributed by atoms with van der Waals surface area (Å²) in [5, 5.41) is 9.37. The molecule has 0 bridgehead atoms. The number of hydrogen-bond donors (Lipinski definition) is 2. The SMILES string of the molecule is O=C(Cc1cccnc1)NCc1ccn[nH]1. The van der Waals surface area contributed by atoms with Crippen molar-refractivity contribution in [2.75, 3.05) is 0 Å². The Balaban J connectivity index is 1.81. The van der Waals surface area contributed by atoms with Crippen molar-refractivity contribution in [2.45, 2.75) is 13.0 Å². The Labute approximate surface area is 92.9 Å². The van der Waals surface area contributed by atoms with Crippen LogP contribution in [0.2, 0.25) is 0 Å². The van der Waals surface area contributed by atoms with Crippen molar-refractivity contribution in [3.05, 3.63) is 48.0 Å². The second-order valence-electron chi connectivity index (χ2n) is 3.40. The molecule has 2 aromatic heterocycles. The average Bonchev–Trinajstić information content (AvgIpc) is 2.81. The van der Waals surface area contributed by atoms with Gasteiger partial charge in [0, 0.05) is 18.6 Å². The van der Waals surface area contributed by atoms with Crippen LogP contribution in [0.1, 0.15) is 11.3 Å². The van der Waals surface area contributed by atoms with Crippen LogP contribution in [-0.2, 0) is 17.8 Å². The van der Waals surface area contributed by atoms with E-state index in [4.69, 9.17) is 0 Å². The summed E-state index contributed by atoms with van der Waals surface area (Å²) in [6.07, 6.45) is 5.38. The molecule has 2 rings (SSSR count). The summed E-state index contributed by atoms with van der Waals surface area (Å²) in [4.78, 5) is 15.5. The predicted molar refractivity (Wildman–Crippen MR) is 58.4 cm³/mol. The Hall–Kier alpha value is -2.17. The summed E-state index contributed by atoms with van der Waals surface area (Å²) in [5.41, 5.74) is 1.80. The van der Waals surface area contributed by atoms with Crippen LogP contribution in [0.4, 0.5) is 0 Å². The molecule has 2 N–H and O–H groups in total. The van der Waals surface area contributed by atoms with Crippen molar-refractivity contribution >= 4 is 5.91 Å². The third-order valence-corrected chi connectivity index (χ3v) is 2.12. The lowest BCUT2D eigenvalue weighted by Crippen LogP contribution is -2.24. The van der Waals surface area contributed by atoms with Crippen LogP contribution in [0.3, 0.4) is 0 Å². The van der Waals surface area contributed by atoms with Crippen molar-refractivity contribution in [3.63, 3.8) is 0 Å². The number of pyridine rings is 1. The smallest absolute Gasteiger partial charge is 0.224 e. The van der Waals surface area contributed by atoms with Crippen molar-refractivity contribution in [1.82, 2.24) is 20.5 Å². The van der Waals surface area contributed by atoms with Crippen LogP contribution in [-0.4, -0.2) is 21.1 Å². The summed E-state index contributed by atoms with van der Waals surface area (Å²) in [6, 6.07) is 5.52. The molecule has 82 valence electrons. The highest BCUT2D eigenvalue weighted by molar-refractivity contribution is 5.78. The van der Waals surface area contributed by atoms with E-state index >= 15 is 0 Å². The molecule has 0 saturated carbocycles. The molecule has 1 amide bonds. The first-order valence-corrected chi connectivity index (χ1v) is 4.98. The fraction of sp³-hybridized carbons (Fsp3) is 0.182. The van der Waals surface area contributed by atoms with E-state index < -0.39 is 0 Å². The third-order valence-electron chi connectivity index (χ3n) is 2.12. The number of amides is 1. The van der Waals surface area contributed by atoms with Crippen LogP contribution < -0.4 is 5.32 Å². The van der Waals surface area contributed by atoms with Crippen LogP contribution in [0.25, 0.3) is 0 Å². The monoisotopic (exact) mass is 216 g/mol. The summed E-state index contributed by atoms with van der Waals surface area (Å²) in [5.74, 6) is -0.0254. The standard InChI is InChI=1S/C11H12N4O/c16-11(6-9-2-1-4-12-7-9)13-8-10-3-5-14-15-10/h1-5,7H,6,8H2,(H,13,16)(H,14,15). The van der Waals surface area contributed by atoms with Crippen molar-refractivity contribution in [2.24, 2.45) is 0 Å². The van der Waals surface area contributed by atoms with Gasteiger partial charge in [-0.15, -0.1) is 0 Å². The number of rotatable bonds is 4. The van der Waals surface area contributed by atoms with E-state index in [1.807, 2.05) is 18.2 Å². The summed E-state index contributed by atoms with van der Waals surface area (Å²) < 4.78 is 0. The minimum atomic E-state index is -0.0254. The van der Waals surface area contributed by atoms with Gasteiger partial charge in [0.05, 0.1) is 18.7 Å². The lowest BCUT2D eigenvalue weighted by molar-refractivity contribution is -0.120. The van der Waals surface area contributed by atoms with Gasteiger partial charge in [-0.25, -0.2) is 0 Å². The van der Waals surface area contributed by atoms with E-state index in [-0.39, 0.29) is 5.91 Å². The minimum absolute atomic E-state index is 0.0254. The van der Waals surface area contributed by atoms with Gasteiger partial charge in [-0.3, -0.25) is 14.9 Å². The van der Waals surface area contributed by atoms with E-state index in [2.05, 4.69) is 20.5 Å². The molecule has 0 radical (unpaired) electrons. The van der Waals surface area contributed by atoms with Crippen molar-refractivity contribution in [3.8, 4) is 0 Å². The second-order valence-corrected chi connectivity index (χ2v) is 3.40. The number of aromatic amines is 1. The maximum absolute atomic E-state index is 11.5. The predicted octanol–water partition coefficient (Wildman–Crippen LogP) is 0.664. The largest absolute Gasteiger partial charge is 0.350 e. The van der Waals surface area contributed by atoms with Gasteiger partial charge in [-0.1, -0.05) is 6.07 Å². The number of nitrogens with one attached hydrogen (secondary N) is 2. The summed E-state index contributed by atoms with van der Waals surface area (Å²) in [6.45, 7) is 0.471. The molecule has 0 fully saturated rings. The molecule has 2 aromatic rings. The van der Waals surface area contributed by atoms with Gasteiger partial charge >= 0.3 is 0 Å². The van der Waals surface area contributed by atoms with E-state index in [0.717, 1.165) is 11.3 Å². The lowest BCUT2D eigenvalue weighted by atomic mass is 10.2. The zero-order valence-corrected chi connectivity index (χ0v) is 8.68. The molecule has 2 heterocycles. The first kappa shape index (κ1) is 10.4. The van der Waals surface area contributed by atoms with E-state index in [1.54, 1.807) is 18.6 Å². The molecule has 5 nitrogen and oxygen atoms in total. The fourth-order valence-corrected chi connectivity index (χ4v) is 1.33. The maximum Gasteiger partial charge on any atom is 0.224 e. The molecule has 0 aliphatic rings. The molecule has 0 aliphatic heterocycles. The number of carbonyl (C=O) groups excluding carboxylic acids is 1. The molecule has 0 atom stereocenters. The van der Waals surface area contributed by atoms with Crippen LogP contribution >= 0.6 is 0 Å². The number of aromatic nitrogens is 3.